The molecule has 1 unspecified atom stereocenters. The molecule has 0 radical (unpaired) electrons. The van der Waals surface area contributed by atoms with Crippen LogP contribution in [0.1, 0.15) is 28.7 Å². The average molecular weight is 392 g/mol. The molecule has 29 heavy (non-hydrogen) atoms. The summed E-state index contributed by atoms with van der Waals surface area (Å²) in [6, 6.07) is 13.6. The van der Waals surface area contributed by atoms with E-state index in [4.69, 9.17) is 4.74 Å². The Hall–Kier alpha value is -3.61. The molecule has 150 valence electrons. The topological polar surface area (TPSA) is 85.2 Å². The maximum atomic E-state index is 12.4. The van der Waals surface area contributed by atoms with Gasteiger partial charge in [0, 0.05) is 30.7 Å². The summed E-state index contributed by atoms with van der Waals surface area (Å²) in [6.45, 7) is 3.92. The van der Waals surface area contributed by atoms with Crippen LogP contribution in [0.3, 0.4) is 0 Å². The van der Waals surface area contributed by atoms with Crippen LogP contribution in [-0.2, 0) is 18.4 Å². The second kappa shape index (κ2) is 9.05. The van der Waals surface area contributed by atoms with Gasteiger partial charge in [0.05, 0.1) is 0 Å². The number of carbonyl (C=O) groups is 2. The van der Waals surface area contributed by atoms with E-state index in [-0.39, 0.29) is 11.8 Å². The third kappa shape index (κ3) is 5.44. The van der Waals surface area contributed by atoms with Crippen LogP contribution in [0.4, 0.5) is 5.69 Å². The zero-order valence-corrected chi connectivity index (χ0v) is 16.7. The number of amides is 2. The number of anilines is 1. The lowest BCUT2D eigenvalue weighted by molar-refractivity contribution is -0.117. The number of hydrogen-bond acceptors (Lipinski definition) is 4. The van der Waals surface area contributed by atoms with Crippen LogP contribution in [0.2, 0.25) is 0 Å². The molecule has 3 aromatic rings. The summed E-state index contributed by atoms with van der Waals surface area (Å²) in [5.41, 5.74) is 2.13. The molecule has 1 atom stereocenters. The Balaban J connectivity index is 1.51. The van der Waals surface area contributed by atoms with Crippen molar-refractivity contribution in [3.63, 3.8) is 0 Å². The predicted molar refractivity (Wildman–Crippen MR) is 111 cm³/mol. The van der Waals surface area contributed by atoms with Gasteiger partial charge in [0.15, 0.2) is 0 Å². The zero-order valence-electron chi connectivity index (χ0n) is 16.7. The number of aryl methyl sites for hydroxylation is 2. The first kappa shape index (κ1) is 20.1. The monoisotopic (exact) mass is 392 g/mol. The molecule has 0 saturated carbocycles. The SMILES string of the molecule is Cc1cccc(C(=O)NC(C)C(=O)Nc2ccc(OCc3nccn3C)cc2)c1. The lowest BCUT2D eigenvalue weighted by Gasteiger charge is -2.15. The molecule has 0 fully saturated rings. The van der Waals surface area contributed by atoms with E-state index in [2.05, 4.69) is 15.6 Å². The van der Waals surface area contributed by atoms with Crippen molar-refractivity contribution < 1.29 is 14.3 Å². The van der Waals surface area contributed by atoms with Crippen LogP contribution in [0.25, 0.3) is 0 Å². The first-order valence-corrected chi connectivity index (χ1v) is 9.30. The molecule has 1 heterocycles. The van der Waals surface area contributed by atoms with Crippen LogP contribution in [0.5, 0.6) is 5.75 Å². The van der Waals surface area contributed by atoms with E-state index in [1.165, 1.54) is 0 Å². The molecule has 3 rings (SSSR count). The Labute approximate surface area is 169 Å². The predicted octanol–water partition coefficient (Wildman–Crippen LogP) is 3.06. The van der Waals surface area contributed by atoms with Crippen molar-refractivity contribution in [2.45, 2.75) is 26.5 Å². The molecule has 0 aliphatic heterocycles. The second-order valence-electron chi connectivity index (χ2n) is 6.82. The molecule has 1 aromatic heterocycles. The van der Waals surface area contributed by atoms with Gasteiger partial charge < -0.3 is 19.9 Å². The number of benzene rings is 2. The third-order valence-corrected chi connectivity index (χ3v) is 4.43. The van der Waals surface area contributed by atoms with Crippen molar-refractivity contribution >= 4 is 17.5 Å². The summed E-state index contributed by atoms with van der Waals surface area (Å²) < 4.78 is 7.59. The Bertz CT molecular complexity index is 995. The minimum atomic E-state index is -0.678. The summed E-state index contributed by atoms with van der Waals surface area (Å²) in [4.78, 5) is 28.9. The van der Waals surface area contributed by atoms with Gasteiger partial charge in [0.1, 0.15) is 24.2 Å². The van der Waals surface area contributed by atoms with Crippen LogP contribution in [0, 0.1) is 6.92 Å². The fourth-order valence-corrected chi connectivity index (χ4v) is 2.70. The molecule has 2 amide bonds. The van der Waals surface area contributed by atoms with Crippen LogP contribution in [-0.4, -0.2) is 27.4 Å². The fraction of sp³-hybridized carbons (Fsp3) is 0.227. The Kier molecular flexibility index (Phi) is 6.29. The molecule has 0 saturated heterocycles. The zero-order chi connectivity index (χ0) is 20.8. The van der Waals surface area contributed by atoms with Crippen molar-refractivity contribution in [2.24, 2.45) is 7.05 Å². The summed E-state index contributed by atoms with van der Waals surface area (Å²) >= 11 is 0. The molecular formula is C22H24N4O3. The smallest absolute Gasteiger partial charge is 0.251 e. The van der Waals surface area contributed by atoms with Crippen LogP contribution < -0.4 is 15.4 Å². The van der Waals surface area contributed by atoms with Crippen molar-refractivity contribution in [1.82, 2.24) is 14.9 Å². The van der Waals surface area contributed by atoms with Gasteiger partial charge in [-0.05, 0) is 50.2 Å². The normalized spacial score (nSPS) is 11.6. The highest BCUT2D eigenvalue weighted by molar-refractivity contribution is 6.01. The van der Waals surface area contributed by atoms with Gasteiger partial charge in [0.2, 0.25) is 5.91 Å². The standard InChI is InChI=1S/C22H24N4O3/c1-15-5-4-6-17(13-15)22(28)24-16(2)21(27)25-18-7-9-19(10-8-18)29-14-20-23-11-12-26(20)3/h4-13,16H,14H2,1-3H3,(H,24,28)(H,25,27). The minimum absolute atomic E-state index is 0.283. The summed E-state index contributed by atoms with van der Waals surface area (Å²) in [6.07, 6.45) is 3.58. The number of nitrogens with zero attached hydrogens (tertiary/aromatic N) is 2. The highest BCUT2D eigenvalue weighted by Crippen LogP contribution is 2.17. The lowest BCUT2D eigenvalue weighted by atomic mass is 10.1. The number of ether oxygens (including phenoxy) is 1. The summed E-state index contributed by atoms with van der Waals surface area (Å²) in [7, 11) is 1.91. The van der Waals surface area contributed by atoms with E-state index in [0.29, 0.717) is 23.6 Å². The highest BCUT2D eigenvalue weighted by atomic mass is 16.5. The number of imidazole rings is 1. The molecule has 2 aromatic carbocycles. The molecule has 0 aliphatic carbocycles. The van der Waals surface area contributed by atoms with Gasteiger partial charge in [-0.2, -0.15) is 0 Å². The average Bonchev–Trinajstić information content (AvgIpc) is 3.12. The van der Waals surface area contributed by atoms with Crippen molar-refractivity contribution in [2.75, 3.05) is 5.32 Å². The molecule has 2 N–H and O–H groups in total. The maximum Gasteiger partial charge on any atom is 0.251 e. The molecular weight excluding hydrogens is 368 g/mol. The van der Waals surface area contributed by atoms with Gasteiger partial charge >= 0.3 is 0 Å². The molecule has 7 nitrogen and oxygen atoms in total. The molecule has 0 aliphatic rings. The Morgan fingerprint density at radius 1 is 1.17 bits per heavy atom. The molecule has 7 heteroatoms. The van der Waals surface area contributed by atoms with Crippen molar-refractivity contribution in [1.29, 1.82) is 0 Å². The Morgan fingerprint density at radius 2 is 1.93 bits per heavy atom. The van der Waals surface area contributed by atoms with Gasteiger partial charge in [-0.1, -0.05) is 17.7 Å². The quantitative estimate of drug-likeness (QED) is 0.647. The second-order valence-corrected chi connectivity index (χ2v) is 6.82. The fourth-order valence-electron chi connectivity index (χ4n) is 2.70. The van der Waals surface area contributed by atoms with E-state index in [1.807, 2.05) is 36.9 Å². The highest BCUT2D eigenvalue weighted by Gasteiger charge is 2.17. The Morgan fingerprint density at radius 3 is 2.59 bits per heavy atom. The van der Waals surface area contributed by atoms with E-state index < -0.39 is 6.04 Å². The minimum Gasteiger partial charge on any atom is -0.486 e. The number of carbonyl (C=O) groups excluding carboxylic acids is 2. The van der Waals surface area contributed by atoms with E-state index in [1.54, 1.807) is 49.5 Å². The van der Waals surface area contributed by atoms with Crippen molar-refractivity contribution in [3.05, 3.63) is 77.9 Å². The van der Waals surface area contributed by atoms with E-state index >= 15 is 0 Å². The summed E-state index contributed by atoms with van der Waals surface area (Å²) in [5.74, 6) is 0.911. The van der Waals surface area contributed by atoms with E-state index in [9.17, 15) is 9.59 Å². The number of aromatic nitrogens is 2. The van der Waals surface area contributed by atoms with Gasteiger partial charge in [-0.3, -0.25) is 9.59 Å². The van der Waals surface area contributed by atoms with Gasteiger partial charge in [-0.15, -0.1) is 0 Å². The largest absolute Gasteiger partial charge is 0.486 e. The maximum absolute atomic E-state index is 12.4. The van der Waals surface area contributed by atoms with E-state index in [0.717, 1.165) is 11.4 Å². The summed E-state index contributed by atoms with van der Waals surface area (Å²) in [5, 5.41) is 5.50. The van der Waals surface area contributed by atoms with Gasteiger partial charge in [-0.25, -0.2) is 4.98 Å². The molecule has 0 bridgehead atoms. The van der Waals surface area contributed by atoms with Gasteiger partial charge in [0.25, 0.3) is 5.91 Å². The van der Waals surface area contributed by atoms with Crippen LogP contribution in [0.15, 0.2) is 60.9 Å². The number of rotatable bonds is 7. The third-order valence-electron chi connectivity index (χ3n) is 4.43. The number of nitrogens with one attached hydrogen (secondary N) is 2. The first-order valence-electron chi connectivity index (χ1n) is 9.30. The van der Waals surface area contributed by atoms with Crippen LogP contribution >= 0.6 is 0 Å². The number of hydrogen-bond donors (Lipinski definition) is 2. The molecule has 0 spiro atoms. The van der Waals surface area contributed by atoms with Crippen molar-refractivity contribution in [3.8, 4) is 5.75 Å². The first-order chi connectivity index (χ1) is 13.9. The lowest BCUT2D eigenvalue weighted by Crippen LogP contribution is -2.41.